The minimum absolute atomic E-state index is 0.109. The minimum atomic E-state index is -0.394. The van der Waals surface area contributed by atoms with Crippen molar-refractivity contribution in [2.24, 2.45) is 5.73 Å². The first kappa shape index (κ1) is 12.6. The van der Waals surface area contributed by atoms with Gasteiger partial charge in [-0.25, -0.2) is 0 Å². The summed E-state index contributed by atoms with van der Waals surface area (Å²) >= 11 is 1.73. The molecule has 0 aliphatic heterocycles. The van der Waals surface area contributed by atoms with Crippen molar-refractivity contribution in [1.82, 2.24) is 9.78 Å². The third-order valence-corrected chi connectivity index (χ3v) is 3.57. The molecule has 1 amide bonds. The summed E-state index contributed by atoms with van der Waals surface area (Å²) in [5.74, 6) is -0.394. The van der Waals surface area contributed by atoms with Gasteiger partial charge in [-0.05, 0) is 17.9 Å². The lowest BCUT2D eigenvalue weighted by Crippen LogP contribution is -2.18. The zero-order chi connectivity index (χ0) is 13.0. The van der Waals surface area contributed by atoms with Crippen LogP contribution in [0, 0.1) is 0 Å². The van der Waals surface area contributed by atoms with Gasteiger partial charge >= 0.3 is 0 Å². The second-order valence-electron chi connectivity index (χ2n) is 4.01. The van der Waals surface area contributed by atoms with Crippen molar-refractivity contribution in [3.8, 4) is 0 Å². The number of hydrogen-bond donors (Lipinski definition) is 2. The standard InChI is InChI=1S/C12H16N4OS/c1-2-10(11-4-3-5-18-11)15-9-6-14-16(7-9)8-12(13)17/h3-7,10,15H,2,8H2,1H3,(H2,13,17). The molecule has 5 nitrogen and oxygen atoms in total. The van der Waals surface area contributed by atoms with Crippen LogP contribution in [0.1, 0.15) is 24.3 Å². The lowest BCUT2D eigenvalue weighted by molar-refractivity contribution is -0.118. The van der Waals surface area contributed by atoms with Crippen molar-refractivity contribution in [2.75, 3.05) is 5.32 Å². The quantitative estimate of drug-likeness (QED) is 0.838. The average molecular weight is 264 g/mol. The number of nitrogens with one attached hydrogen (secondary N) is 1. The molecule has 0 bridgehead atoms. The largest absolute Gasteiger partial charge is 0.375 e. The van der Waals surface area contributed by atoms with E-state index in [-0.39, 0.29) is 12.6 Å². The van der Waals surface area contributed by atoms with Gasteiger partial charge in [0.1, 0.15) is 6.54 Å². The van der Waals surface area contributed by atoms with E-state index in [9.17, 15) is 4.79 Å². The number of nitrogens with two attached hydrogens (primary N) is 1. The van der Waals surface area contributed by atoms with E-state index in [0.29, 0.717) is 0 Å². The van der Waals surface area contributed by atoms with E-state index >= 15 is 0 Å². The first-order valence-corrected chi connectivity index (χ1v) is 6.67. The second-order valence-corrected chi connectivity index (χ2v) is 4.99. The summed E-state index contributed by atoms with van der Waals surface area (Å²) in [6, 6.07) is 4.43. The number of hydrogen-bond acceptors (Lipinski definition) is 4. The van der Waals surface area contributed by atoms with E-state index in [1.54, 1.807) is 23.7 Å². The van der Waals surface area contributed by atoms with Crippen LogP contribution < -0.4 is 11.1 Å². The molecule has 2 aromatic heterocycles. The fraction of sp³-hybridized carbons (Fsp3) is 0.333. The molecule has 0 aliphatic carbocycles. The van der Waals surface area contributed by atoms with Crippen LogP contribution in [0.2, 0.25) is 0 Å². The monoisotopic (exact) mass is 264 g/mol. The number of amides is 1. The predicted octanol–water partition coefficient (Wildman–Crippen LogP) is 1.99. The van der Waals surface area contributed by atoms with Gasteiger partial charge in [0.05, 0.1) is 17.9 Å². The van der Waals surface area contributed by atoms with Crippen LogP contribution >= 0.6 is 11.3 Å². The zero-order valence-electron chi connectivity index (χ0n) is 10.2. The highest BCUT2D eigenvalue weighted by molar-refractivity contribution is 7.10. The van der Waals surface area contributed by atoms with E-state index in [4.69, 9.17) is 5.73 Å². The molecule has 0 spiro atoms. The number of primary amides is 1. The lowest BCUT2D eigenvalue weighted by atomic mass is 10.2. The van der Waals surface area contributed by atoms with Crippen molar-refractivity contribution in [1.29, 1.82) is 0 Å². The first-order valence-electron chi connectivity index (χ1n) is 5.79. The molecule has 6 heteroatoms. The average Bonchev–Trinajstić information content (AvgIpc) is 2.96. The number of nitrogens with zero attached hydrogens (tertiary/aromatic N) is 2. The van der Waals surface area contributed by atoms with Crippen LogP contribution in [-0.4, -0.2) is 15.7 Å². The van der Waals surface area contributed by atoms with Crippen LogP contribution in [-0.2, 0) is 11.3 Å². The summed E-state index contributed by atoms with van der Waals surface area (Å²) < 4.78 is 1.53. The Kier molecular flexibility index (Phi) is 3.99. The molecule has 2 aromatic rings. The number of anilines is 1. The Bertz CT molecular complexity index is 506. The maximum Gasteiger partial charge on any atom is 0.239 e. The van der Waals surface area contributed by atoms with Gasteiger partial charge in [-0.3, -0.25) is 9.48 Å². The van der Waals surface area contributed by atoms with Crippen molar-refractivity contribution in [3.05, 3.63) is 34.8 Å². The van der Waals surface area contributed by atoms with Crippen molar-refractivity contribution >= 4 is 22.9 Å². The van der Waals surface area contributed by atoms with E-state index in [0.717, 1.165) is 12.1 Å². The fourth-order valence-corrected chi connectivity index (χ4v) is 2.61. The zero-order valence-corrected chi connectivity index (χ0v) is 11.0. The summed E-state index contributed by atoms with van der Waals surface area (Å²) in [5, 5.41) is 9.55. The van der Waals surface area contributed by atoms with Gasteiger partial charge in [0.25, 0.3) is 0 Å². The normalized spacial score (nSPS) is 12.3. The third kappa shape index (κ3) is 3.10. The van der Waals surface area contributed by atoms with Gasteiger partial charge in [-0.1, -0.05) is 13.0 Å². The van der Waals surface area contributed by atoms with Gasteiger partial charge in [-0.15, -0.1) is 11.3 Å². The maximum absolute atomic E-state index is 10.8. The lowest BCUT2D eigenvalue weighted by Gasteiger charge is -2.14. The summed E-state index contributed by atoms with van der Waals surface area (Å²) in [7, 11) is 0. The Morgan fingerprint density at radius 3 is 3.11 bits per heavy atom. The van der Waals surface area contributed by atoms with Gasteiger partial charge in [0.2, 0.25) is 5.91 Å². The number of carbonyl (C=O) groups is 1. The molecule has 18 heavy (non-hydrogen) atoms. The molecule has 1 atom stereocenters. The molecule has 2 rings (SSSR count). The Balaban J connectivity index is 2.04. The van der Waals surface area contributed by atoms with Gasteiger partial charge in [0.15, 0.2) is 0 Å². The van der Waals surface area contributed by atoms with Crippen LogP contribution in [0.3, 0.4) is 0 Å². The molecule has 0 aliphatic rings. The summed E-state index contributed by atoms with van der Waals surface area (Å²) in [4.78, 5) is 12.1. The Morgan fingerprint density at radius 2 is 2.50 bits per heavy atom. The number of carbonyl (C=O) groups excluding carboxylic acids is 1. The Labute approximate surface area is 110 Å². The molecule has 96 valence electrons. The van der Waals surface area contributed by atoms with Crippen LogP contribution in [0.15, 0.2) is 29.9 Å². The molecule has 0 aromatic carbocycles. The van der Waals surface area contributed by atoms with Crippen molar-refractivity contribution in [3.63, 3.8) is 0 Å². The molecule has 0 saturated heterocycles. The molecule has 3 N–H and O–H groups in total. The first-order chi connectivity index (χ1) is 8.69. The fourth-order valence-electron chi connectivity index (χ4n) is 1.75. The SMILES string of the molecule is CCC(Nc1cnn(CC(N)=O)c1)c1cccs1. The maximum atomic E-state index is 10.8. The van der Waals surface area contributed by atoms with E-state index in [1.807, 2.05) is 6.07 Å². The Hall–Kier alpha value is -1.82. The molecular formula is C12H16N4OS. The summed E-state index contributed by atoms with van der Waals surface area (Å²) in [6.07, 6.45) is 4.49. The highest BCUT2D eigenvalue weighted by Crippen LogP contribution is 2.25. The van der Waals surface area contributed by atoms with E-state index < -0.39 is 5.91 Å². The molecular weight excluding hydrogens is 248 g/mol. The number of rotatable bonds is 6. The topological polar surface area (TPSA) is 72.9 Å². The number of thiophene rings is 1. The smallest absolute Gasteiger partial charge is 0.239 e. The van der Waals surface area contributed by atoms with Crippen molar-refractivity contribution < 1.29 is 4.79 Å². The van der Waals surface area contributed by atoms with Crippen LogP contribution in [0.4, 0.5) is 5.69 Å². The third-order valence-electron chi connectivity index (χ3n) is 2.59. The molecule has 0 fully saturated rings. The number of aromatic nitrogens is 2. The molecule has 2 heterocycles. The van der Waals surface area contributed by atoms with Gasteiger partial charge in [0, 0.05) is 11.1 Å². The second kappa shape index (κ2) is 5.68. The van der Waals surface area contributed by atoms with Crippen LogP contribution in [0.25, 0.3) is 0 Å². The highest BCUT2D eigenvalue weighted by atomic mass is 32.1. The van der Waals surface area contributed by atoms with Gasteiger partial charge < -0.3 is 11.1 Å². The molecule has 0 radical (unpaired) electrons. The highest BCUT2D eigenvalue weighted by Gasteiger charge is 2.11. The summed E-state index contributed by atoms with van der Waals surface area (Å²) in [6.45, 7) is 2.24. The summed E-state index contributed by atoms with van der Waals surface area (Å²) in [5.41, 5.74) is 6.02. The molecule has 1 unspecified atom stereocenters. The Morgan fingerprint density at radius 1 is 1.67 bits per heavy atom. The van der Waals surface area contributed by atoms with E-state index in [2.05, 4.69) is 28.8 Å². The van der Waals surface area contributed by atoms with Gasteiger partial charge in [-0.2, -0.15) is 5.10 Å². The van der Waals surface area contributed by atoms with Crippen molar-refractivity contribution in [2.45, 2.75) is 25.9 Å². The van der Waals surface area contributed by atoms with Crippen LogP contribution in [0.5, 0.6) is 0 Å². The predicted molar refractivity (Wildman–Crippen MR) is 72.4 cm³/mol. The minimum Gasteiger partial charge on any atom is -0.375 e. The van der Waals surface area contributed by atoms with E-state index in [1.165, 1.54) is 9.56 Å². The molecule has 0 saturated carbocycles.